The molecule has 6 heteroatoms. The average Bonchev–Trinajstić information content (AvgIpc) is 3.27. The van der Waals surface area contributed by atoms with Gasteiger partial charge in [0.1, 0.15) is 0 Å². The van der Waals surface area contributed by atoms with Crippen molar-refractivity contribution in [3.05, 3.63) is 57.3 Å². The highest BCUT2D eigenvalue weighted by atomic mass is 32.1. The summed E-state index contributed by atoms with van der Waals surface area (Å²) in [6, 6.07) is 13.1. The van der Waals surface area contributed by atoms with Crippen LogP contribution in [-0.4, -0.2) is 36.4 Å². The summed E-state index contributed by atoms with van der Waals surface area (Å²) in [4.78, 5) is 20.8. The standard InChI is InChI=1S/C22H30N4OS/c1-16(13-20-11-6-17(2)28-20)25-22(23-3)24-14-18-7-9-19(10-8-18)15-26-12-4-5-21(26)27/h6-11,16H,4-5,12-15H2,1-3H3,(H2,23,24,25). The quantitative estimate of drug-likeness (QED) is 0.555. The molecule has 1 atom stereocenters. The molecule has 0 bridgehead atoms. The van der Waals surface area contributed by atoms with E-state index in [9.17, 15) is 4.79 Å². The van der Waals surface area contributed by atoms with Crippen molar-refractivity contribution in [3.8, 4) is 0 Å². The SMILES string of the molecule is CN=C(NCc1ccc(CN2CCCC2=O)cc1)NC(C)Cc1ccc(C)s1. The predicted octanol–water partition coefficient (Wildman–Crippen LogP) is 3.48. The van der Waals surface area contributed by atoms with Gasteiger partial charge in [0.05, 0.1) is 0 Å². The number of thiophene rings is 1. The lowest BCUT2D eigenvalue weighted by atomic mass is 10.1. The Hall–Kier alpha value is -2.34. The molecule has 2 aromatic rings. The van der Waals surface area contributed by atoms with E-state index in [1.54, 1.807) is 7.05 Å². The number of nitrogens with zero attached hydrogens (tertiary/aromatic N) is 2. The summed E-state index contributed by atoms with van der Waals surface area (Å²) in [5, 5.41) is 6.85. The molecule has 0 saturated carbocycles. The molecule has 0 aliphatic carbocycles. The van der Waals surface area contributed by atoms with Gasteiger partial charge < -0.3 is 15.5 Å². The zero-order valence-corrected chi connectivity index (χ0v) is 17.8. The van der Waals surface area contributed by atoms with Crippen molar-refractivity contribution in [2.75, 3.05) is 13.6 Å². The van der Waals surface area contributed by atoms with Crippen LogP contribution in [0, 0.1) is 6.92 Å². The largest absolute Gasteiger partial charge is 0.354 e. The van der Waals surface area contributed by atoms with Crippen molar-refractivity contribution in [2.45, 2.75) is 52.2 Å². The number of hydrogen-bond donors (Lipinski definition) is 2. The number of benzene rings is 1. The Bertz CT molecular complexity index is 812. The monoisotopic (exact) mass is 398 g/mol. The second-order valence-electron chi connectivity index (χ2n) is 7.42. The summed E-state index contributed by atoms with van der Waals surface area (Å²) in [5.41, 5.74) is 2.38. The van der Waals surface area contributed by atoms with Crippen LogP contribution in [0.2, 0.25) is 0 Å². The van der Waals surface area contributed by atoms with Crippen molar-refractivity contribution in [1.82, 2.24) is 15.5 Å². The summed E-state index contributed by atoms with van der Waals surface area (Å²) in [7, 11) is 1.80. The zero-order chi connectivity index (χ0) is 19.9. The van der Waals surface area contributed by atoms with Gasteiger partial charge >= 0.3 is 0 Å². The minimum absolute atomic E-state index is 0.271. The van der Waals surface area contributed by atoms with Gasteiger partial charge in [-0.2, -0.15) is 0 Å². The number of hydrogen-bond acceptors (Lipinski definition) is 3. The lowest BCUT2D eigenvalue weighted by molar-refractivity contribution is -0.128. The maximum Gasteiger partial charge on any atom is 0.222 e. The summed E-state index contributed by atoms with van der Waals surface area (Å²) >= 11 is 1.85. The molecule has 3 rings (SSSR count). The van der Waals surface area contributed by atoms with Crippen LogP contribution in [-0.2, 0) is 24.3 Å². The van der Waals surface area contributed by atoms with Crippen LogP contribution >= 0.6 is 11.3 Å². The average molecular weight is 399 g/mol. The molecule has 1 unspecified atom stereocenters. The van der Waals surface area contributed by atoms with Crippen molar-refractivity contribution >= 4 is 23.2 Å². The predicted molar refractivity (Wildman–Crippen MR) is 117 cm³/mol. The van der Waals surface area contributed by atoms with Crippen LogP contribution < -0.4 is 10.6 Å². The Balaban J connectivity index is 1.45. The van der Waals surface area contributed by atoms with E-state index in [2.05, 4.69) is 65.9 Å². The van der Waals surface area contributed by atoms with E-state index in [0.29, 0.717) is 19.0 Å². The highest BCUT2D eigenvalue weighted by Gasteiger charge is 2.19. The van der Waals surface area contributed by atoms with Crippen molar-refractivity contribution in [3.63, 3.8) is 0 Å². The molecule has 0 spiro atoms. The number of rotatable bonds is 7. The molecule has 1 aromatic heterocycles. The van der Waals surface area contributed by atoms with Crippen LogP contribution in [0.3, 0.4) is 0 Å². The topological polar surface area (TPSA) is 56.7 Å². The summed E-state index contributed by atoms with van der Waals surface area (Å²) in [5.74, 6) is 1.08. The molecule has 2 N–H and O–H groups in total. The van der Waals surface area contributed by atoms with Gasteiger partial charge in [-0.1, -0.05) is 24.3 Å². The molecule has 1 fully saturated rings. The zero-order valence-electron chi connectivity index (χ0n) is 17.0. The minimum Gasteiger partial charge on any atom is -0.354 e. The lowest BCUT2D eigenvalue weighted by Crippen LogP contribution is -2.42. The minimum atomic E-state index is 0.271. The van der Waals surface area contributed by atoms with Gasteiger partial charge in [0.15, 0.2) is 5.96 Å². The Morgan fingerprint density at radius 1 is 1.21 bits per heavy atom. The van der Waals surface area contributed by atoms with E-state index >= 15 is 0 Å². The second-order valence-corrected chi connectivity index (χ2v) is 8.80. The molecule has 1 amide bonds. The van der Waals surface area contributed by atoms with E-state index in [1.165, 1.54) is 20.9 Å². The van der Waals surface area contributed by atoms with Crippen LogP contribution in [0.1, 0.15) is 40.6 Å². The molecule has 0 radical (unpaired) electrons. The first-order chi connectivity index (χ1) is 13.5. The van der Waals surface area contributed by atoms with Gasteiger partial charge in [-0.25, -0.2) is 0 Å². The van der Waals surface area contributed by atoms with Gasteiger partial charge in [-0.3, -0.25) is 9.79 Å². The van der Waals surface area contributed by atoms with E-state index < -0.39 is 0 Å². The third kappa shape index (κ3) is 5.83. The molecular weight excluding hydrogens is 368 g/mol. The Kier molecular flexibility index (Phi) is 7.09. The normalized spacial score (nSPS) is 15.8. The number of guanidine groups is 1. The maximum atomic E-state index is 11.8. The summed E-state index contributed by atoms with van der Waals surface area (Å²) in [6.45, 7) is 6.63. The maximum absolute atomic E-state index is 11.8. The fraction of sp³-hybridized carbons (Fsp3) is 0.455. The molecule has 28 heavy (non-hydrogen) atoms. The first-order valence-corrected chi connectivity index (χ1v) is 10.7. The fourth-order valence-corrected chi connectivity index (χ4v) is 4.43. The van der Waals surface area contributed by atoms with Crippen molar-refractivity contribution < 1.29 is 4.79 Å². The number of nitrogens with one attached hydrogen (secondary N) is 2. The summed E-state index contributed by atoms with van der Waals surface area (Å²) < 4.78 is 0. The van der Waals surface area contributed by atoms with Crippen LogP contribution in [0.25, 0.3) is 0 Å². The molecule has 2 heterocycles. The summed E-state index contributed by atoms with van der Waals surface area (Å²) in [6.07, 6.45) is 2.67. The number of aliphatic imine (C=N–C) groups is 1. The molecule has 1 aromatic carbocycles. The van der Waals surface area contributed by atoms with Gasteiger partial charge in [0.2, 0.25) is 5.91 Å². The smallest absolute Gasteiger partial charge is 0.222 e. The van der Waals surface area contributed by atoms with Gasteiger partial charge in [-0.15, -0.1) is 11.3 Å². The van der Waals surface area contributed by atoms with E-state index in [0.717, 1.165) is 31.9 Å². The van der Waals surface area contributed by atoms with Crippen LogP contribution in [0.5, 0.6) is 0 Å². The number of carbonyl (C=O) groups is 1. The molecular formula is C22H30N4OS. The highest BCUT2D eigenvalue weighted by Crippen LogP contribution is 2.17. The number of likely N-dealkylation sites (tertiary alicyclic amines) is 1. The Labute approximate surface area is 171 Å². The number of carbonyl (C=O) groups excluding carboxylic acids is 1. The highest BCUT2D eigenvalue weighted by molar-refractivity contribution is 7.11. The molecule has 1 saturated heterocycles. The Morgan fingerprint density at radius 3 is 2.57 bits per heavy atom. The van der Waals surface area contributed by atoms with E-state index in [-0.39, 0.29) is 5.91 Å². The van der Waals surface area contributed by atoms with Crippen molar-refractivity contribution in [1.29, 1.82) is 0 Å². The Morgan fingerprint density at radius 2 is 1.96 bits per heavy atom. The first-order valence-electron chi connectivity index (χ1n) is 9.91. The second kappa shape index (κ2) is 9.73. The number of aryl methyl sites for hydroxylation is 1. The van der Waals surface area contributed by atoms with Gasteiger partial charge in [0.25, 0.3) is 0 Å². The third-order valence-electron chi connectivity index (χ3n) is 4.94. The first kappa shape index (κ1) is 20.4. The lowest BCUT2D eigenvalue weighted by Gasteiger charge is -2.18. The molecule has 5 nitrogen and oxygen atoms in total. The third-order valence-corrected chi connectivity index (χ3v) is 5.96. The van der Waals surface area contributed by atoms with Crippen LogP contribution in [0.15, 0.2) is 41.4 Å². The van der Waals surface area contributed by atoms with Gasteiger partial charge in [-0.05, 0) is 43.5 Å². The molecule has 1 aliphatic rings. The molecule has 150 valence electrons. The van der Waals surface area contributed by atoms with E-state index in [1.807, 2.05) is 16.2 Å². The van der Waals surface area contributed by atoms with Gasteiger partial charge in [0, 0.05) is 55.3 Å². The fourth-order valence-electron chi connectivity index (χ4n) is 3.42. The number of amides is 1. The van der Waals surface area contributed by atoms with Crippen molar-refractivity contribution in [2.24, 2.45) is 4.99 Å². The van der Waals surface area contributed by atoms with E-state index in [4.69, 9.17) is 0 Å². The van der Waals surface area contributed by atoms with Crippen LogP contribution in [0.4, 0.5) is 0 Å². The molecule has 1 aliphatic heterocycles.